The number of nitrogens with zero attached hydrogens (tertiary/aromatic N) is 2. The van der Waals surface area contributed by atoms with Gasteiger partial charge in [0.05, 0.1) is 18.0 Å². The van der Waals surface area contributed by atoms with Crippen molar-refractivity contribution >= 4 is 27.3 Å². The molecule has 2 aromatic rings. The van der Waals surface area contributed by atoms with Gasteiger partial charge < -0.3 is 9.47 Å². The van der Waals surface area contributed by atoms with Gasteiger partial charge in [0.2, 0.25) is 10.0 Å². The third kappa shape index (κ3) is 5.80. The van der Waals surface area contributed by atoms with Gasteiger partial charge in [0.25, 0.3) is 0 Å². The van der Waals surface area contributed by atoms with Crippen LogP contribution in [-0.4, -0.2) is 50.5 Å². The van der Waals surface area contributed by atoms with Crippen LogP contribution in [0.5, 0.6) is 0 Å². The summed E-state index contributed by atoms with van der Waals surface area (Å²) in [6, 6.07) is 4.64. The van der Waals surface area contributed by atoms with Crippen molar-refractivity contribution in [2.75, 3.05) is 26.9 Å². The SMILES string of the molecule is CCOC(=O)c1csc(CN(CCCOC)S(=O)(=O)c2ccc(F)cc2)n1. The summed E-state index contributed by atoms with van der Waals surface area (Å²) in [5.41, 5.74) is 0.146. The number of sulfonamides is 1. The second-order valence-corrected chi connectivity index (χ2v) is 8.37. The Labute approximate surface area is 161 Å². The van der Waals surface area contributed by atoms with Crippen LogP contribution in [0.2, 0.25) is 0 Å². The average Bonchev–Trinajstić information content (AvgIpc) is 3.10. The van der Waals surface area contributed by atoms with Gasteiger partial charge in [-0.3, -0.25) is 0 Å². The van der Waals surface area contributed by atoms with Crippen molar-refractivity contribution in [3.63, 3.8) is 0 Å². The van der Waals surface area contributed by atoms with Crippen LogP contribution in [0, 0.1) is 5.82 Å². The van der Waals surface area contributed by atoms with Gasteiger partial charge >= 0.3 is 5.97 Å². The van der Waals surface area contributed by atoms with E-state index in [4.69, 9.17) is 9.47 Å². The summed E-state index contributed by atoms with van der Waals surface area (Å²) < 4.78 is 50.1. The van der Waals surface area contributed by atoms with Gasteiger partial charge in [-0.25, -0.2) is 22.6 Å². The van der Waals surface area contributed by atoms with E-state index < -0.39 is 21.8 Å². The molecule has 1 aromatic carbocycles. The van der Waals surface area contributed by atoms with E-state index in [2.05, 4.69) is 4.98 Å². The molecule has 0 bridgehead atoms. The number of aromatic nitrogens is 1. The molecule has 0 aliphatic heterocycles. The van der Waals surface area contributed by atoms with Crippen LogP contribution in [0.1, 0.15) is 28.8 Å². The van der Waals surface area contributed by atoms with E-state index in [0.29, 0.717) is 18.0 Å². The summed E-state index contributed by atoms with van der Waals surface area (Å²) in [4.78, 5) is 15.9. The number of thiazole rings is 1. The first-order valence-electron chi connectivity index (χ1n) is 8.24. The fraction of sp³-hybridized carbons (Fsp3) is 0.412. The minimum Gasteiger partial charge on any atom is -0.461 e. The molecule has 0 fully saturated rings. The number of esters is 1. The number of ether oxygens (including phenoxy) is 2. The molecule has 0 amide bonds. The van der Waals surface area contributed by atoms with Crippen LogP contribution in [-0.2, 0) is 26.0 Å². The van der Waals surface area contributed by atoms with E-state index in [1.807, 2.05) is 0 Å². The van der Waals surface area contributed by atoms with E-state index in [0.717, 1.165) is 12.1 Å². The topological polar surface area (TPSA) is 85.8 Å². The second kappa shape index (κ2) is 9.88. The maximum absolute atomic E-state index is 13.1. The fourth-order valence-corrected chi connectivity index (χ4v) is 4.56. The molecule has 27 heavy (non-hydrogen) atoms. The molecular weight excluding hydrogens is 395 g/mol. The first-order valence-corrected chi connectivity index (χ1v) is 10.6. The number of hydrogen-bond donors (Lipinski definition) is 0. The number of carbonyl (C=O) groups is 1. The second-order valence-electron chi connectivity index (χ2n) is 5.49. The van der Waals surface area contributed by atoms with Crippen LogP contribution in [0.3, 0.4) is 0 Å². The molecule has 0 aliphatic rings. The fourth-order valence-electron chi connectivity index (χ4n) is 2.26. The number of hydrogen-bond acceptors (Lipinski definition) is 7. The summed E-state index contributed by atoms with van der Waals surface area (Å²) in [6.45, 7) is 2.50. The van der Waals surface area contributed by atoms with Gasteiger partial charge in [0.15, 0.2) is 5.69 Å². The average molecular weight is 416 g/mol. The first kappa shape index (κ1) is 21.4. The lowest BCUT2D eigenvalue weighted by Gasteiger charge is -2.21. The maximum atomic E-state index is 13.1. The molecule has 10 heteroatoms. The summed E-state index contributed by atoms with van der Waals surface area (Å²) in [6.07, 6.45) is 0.479. The third-order valence-electron chi connectivity index (χ3n) is 3.56. The van der Waals surface area contributed by atoms with E-state index in [9.17, 15) is 17.6 Å². The van der Waals surface area contributed by atoms with Gasteiger partial charge in [-0.15, -0.1) is 11.3 Å². The maximum Gasteiger partial charge on any atom is 0.357 e. The molecule has 0 saturated carbocycles. The summed E-state index contributed by atoms with van der Waals surface area (Å²) in [7, 11) is -2.32. The van der Waals surface area contributed by atoms with Crippen molar-refractivity contribution in [1.82, 2.24) is 9.29 Å². The molecule has 148 valence electrons. The molecule has 0 radical (unpaired) electrons. The van der Waals surface area contributed by atoms with Crippen LogP contribution < -0.4 is 0 Å². The third-order valence-corrected chi connectivity index (χ3v) is 6.25. The van der Waals surface area contributed by atoms with Gasteiger partial charge in [-0.2, -0.15) is 4.31 Å². The van der Waals surface area contributed by atoms with Crippen molar-refractivity contribution in [2.24, 2.45) is 0 Å². The summed E-state index contributed by atoms with van der Waals surface area (Å²) in [5, 5.41) is 1.99. The number of methoxy groups -OCH3 is 1. The lowest BCUT2D eigenvalue weighted by Crippen LogP contribution is -2.32. The van der Waals surface area contributed by atoms with Gasteiger partial charge in [0.1, 0.15) is 10.8 Å². The standard InChI is InChI=1S/C17H21FN2O5S2/c1-3-25-17(21)15-12-26-16(19-15)11-20(9-4-10-24-2)27(22,23)14-7-5-13(18)6-8-14/h5-8,12H,3-4,9-11H2,1-2H3. The van der Waals surface area contributed by atoms with Crippen molar-refractivity contribution in [3.05, 3.63) is 46.2 Å². The zero-order chi connectivity index (χ0) is 19.9. The van der Waals surface area contributed by atoms with Crippen molar-refractivity contribution in [3.8, 4) is 0 Å². The zero-order valence-corrected chi connectivity index (χ0v) is 16.7. The smallest absolute Gasteiger partial charge is 0.357 e. The predicted molar refractivity (Wildman–Crippen MR) is 98.6 cm³/mol. The van der Waals surface area contributed by atoms with E-state index in [1.54, 1.807) is 6.92 Å². The lowest BCUT2D eigenvalue weighted by atomic mass is 10.4. The molecule has 1 heterocycles. The van der Waals surface area contributed by atoms with E-state index >= 15 is 0 Å². The van der Waals surface area contributed by atoms with Gasteiger partial charge in [-0.1, -0.05) is 0 Å². The van der Waals surface area contributed by atoms with Crippen LogP contribution in [0.15, 0.2) is 34.5 Å². The highest BCUT2D eigenvalue weighted by molar-refractivity contribution is 7.89. The predicted octanol–water partition coefficient (Wildman–Crippen LogP) is 2.69. The van der Waals surface area contributed by atoms with Crippen molar-refractivity contribution in [2.45, 2.75) is 24.8 Å². The number of benzene rings is 1. The molecule has 1 aromatic heterocycles. The number of carbonyl (C=O) groups excluding carboxylic acids is 1. The van der Waals surface area contributed by atoms with E-state index in [-0.39, 0.29) is 30.3 Å². The van der Waals surface area contributed by atoms with Crippen molar-refractivity contribution in [1.29, 1.82) is 0 Å². The highest BCUT2D eigenvalue weighted by atomic mass is 32.2. The minimum absolute atomic E-state index is 0.00645. The van der Waals surface area contributed by atoms with Crippen LogP contribution in [0.4, 0.5) is 4.39 Å². The zero-order valence-electron chi connectivity index (χ0n) is 15.1. The Bertz CT molecular complexity index is 852. The Morgan fingerprint density at radius 2 is 2.00 bits per heavy atom. The Kier molecular flexibility index (Phi) is 7.84. The highest BCUT2D eigenvalue weighted by Crippen LogP contribution is 2.21. The lowest BCUT2D eigenvalue weighted by molar-refractivity contribution is 0.0520. The minimum atomic E-state index is -3.86. The normalized spacial score (nSPS) is 11.7. The van der Waals surface area contributed by atoms with Gasteiger partial charge in [-0.05, 0) is 37.6 Å². The monoisotopic (exact) mass is 416 g/mol. The Morgan fingerprint density at radius 3 is 2.63 bits per heavy atom. The van der Waals surface area contributed by atoms with Crippen LogP contribution in [0.25, 0.3) is 0 Å². The number of halogens is 1. The Hall–Kier alpha value is -1.88. The number of rotatable bonds is 10. The molecule has 0 unspecified atom stereocenters. The molecule has 0 aliphatic carbocycles. The highest BCUT2D eigenvalue weighted by Gasteiger charge is 2.26. The van der Waals surface area contributed by atoms with Gasteiger partial charge in [0, 0.05) is 25.6 Å². The van der Waals surface area contributed by atoms with E-state index in [1.165, 1.54) is 40.3 Å². The molecule has 2 rings (SSSR count). The Morgan fingerprint density at radius 1 is 1.30 bits per heavy atom. The molecule has 0 N–H and O–H groups in total. The molecule has 0 saturated heterocycles. The largest absolute Gasteiger partial charge is 0.461 e. The van der Waals surface area contributed by atoms with Crippen LogP contribution >= 0.6 is 11.3 Å². The summed E-state index contributed by atoms with van der Waals surface area (Å²) in [5.74, 6) is -1.06. The van der Waals surface area contributed by atoms with Crippen molar-refractivity contribution < 1.29 is 27.1 Å². The molecule has 0 atom stereocenters. The summed E-state index contributed by atoms with van der Waals surface area (Å²) >= 11 is 1.18. The molecule has 7 nitrogen and oxygen atoms in total. The Balaban J connectivity index is 2.23. The molecule has 0 spiro atoms. The molecular formula is C17H21FN2O5S2. The first-order chi connectivity index (χ1) is 12.9. The quantitative estimate of drug-likeness (QED) is 0.437.